The molecule has 0 heterocycles. The third-order valence-electron chi connectivity index (χ3n) is 4.17. The lowest BCUT2D eigenvalue weighted by Gasteiger charge is -2.24. The van der Waals surface area contributed by atoms with Crippen LogP contribution in [0.15, 0.2) is 29.3 Å². The predicted octanol–water partition coefficient (Wildman–Crippen LogP) is 3.44. The minimum absolute atomic E-state index is 0. The van der Waals surface area contributed by atoms with Crippen molar-refractivity contribution in [1.82, 2.24) is 10.6 Å². The fourth-order valence-corrected chi connectivity index (χ4v) is 2.70. The summed E-state index contributed by atoms with van der Waals surface area (Å²) in [5.74, 6) is 0.887. The highest BCUT2D eigenvalue weighted by Crippen LogP contribution is 2.14. The second-order valence-electron chi connectivity index (χ2n) is 6.42. The summed E-state index contributed by atoms with van der Waals surface area (Å²) < 4.78 is 10.4. The van der Waals surface area contributed by atoms with Gasteiger partial charge in [-0.2, -0.15) is 0 Å². The molecule has 162 valence electrons. The Kier molecular flexibility index (Phi) is 17.3. The van der Waals surface area contributed by atoms with Gasteiger partial charge in [-0.25, -0.2) is 0 Å². The van der Waals surface area contributed by atoms with Crippen molar-refractivity contribution in [3.63, 3.8) is 0 Å². The van der Waals surface area contributed by atoms with E-state index < -0.39 is 0 Å². The molecule has 0 bridgehead atoms. The SMILES string of the molecule is CCNC(=NCCCCOCCOC)NCCN(CC)c1cccc(C)c1.I. The first-order chi connectivity index (χ1) is 13.2. The maximum atomic E-state index is 5.47. The lowest BCUT2D eigenvalue weighted by molar-refractivity contribution is 0.0690. The van der Waals surface area contributed by atoms with E-state index in [4.69, 9.17) is 9.47 Å². The zero-order valence-corrected chi connectivity index (χ0v) is 20.3. The topological polar surface area (TPSA) is 58.1 Å². The third kappa shape index (κ3) is 12.4. The van der Waals surface area contributed by atoms with Crippen LogP contribution in [0.4, 0.5) is 5.69 Å². The van der Waals surface area contributed by atoms with Crippen molar-refractivity contribution in [3.8, 4) is 0 Å². The largest absolute Gasteiger partial charge is 0.382 e. The minimum atomic E-state index is 0. The van der Waals surface area contributed by atoms with Gasteiger partial charge in [0.25, 0.3) is 0 Å². The number of unbranched alkanes of at least 4 members (excludes halogenated alkanes) is 1. The summed E-state index contributed by atoms with van der Waals surface area (Å²) in [6.45, 7) is 13.0. The molecular formula is C21H39IN4O2. The Bertz CT molecular complexity index is 529. The number of likely N-dealkylation sites (N-methyl/N-ethyl adjacent to an activating group) is 1. The van der Waals surface area contributed by atoms with Gasteiger partial charge in [-0.15, -0.1) is 24.0 Å². The van der Waals surface area contributed by atoms with Crippen LogP contribution in [-0.4, -0.2) is 65.6 Å². The number of hydrogen-bond donors (Lipinski definition) is 2. The lowest BCUT2D eigenvalue weighted by Crippen LogP contribution is -2.41. The molecule has 1 aromatic carbocycles. The summed E-state index contributed by atoms with van der Waals surface area (Å²) in [6, 6.07) is 8.65. The number of benzene rings is 1. The van der Waals surface area contributed by atoms with Gasteiger partial charge < -0.3 is 25.0 Å². The zero-order chi connectivity index (χ0) is 19.7. The van der Waals surface area contributed by atoms with Gasteiger partial charge >= 0.3 is 0 Å². The van der Waals surface area contributed by atoms with Crippen molar-refractivity contribution >= 4 is 35.6 Å². The lowest BCUT2D eigenvalue weighted by atomic mass is 10.2. The van der Waals surface area contributed by atoms with Crippen LogP contribution < -0.4 is 15.5 Å². The number of nitrogens with zero attached hydrogens (tertiary/aromatic N) is 2. The van der Waals surface area contributed by atoms with Crippen molar-refractivity contribution in [3.05, 3.63) is 29.8 Å². The number of guanidine groups is 1. The summed E-state index contributed by atoms with van der Waals surface area (Å²) in [4.78, 5) is 7.03. The van der Waals surface area contributed by atoms with Crippen molar-refractivity contribution in [2.24, 2.45) is 4.99 Å². The van der Waals surface area contributed by atoms with Gasteiger partial charge in [-0.1, -0.05) is 12.1 Å². The highest BCUT2D eigenvalue weighted by molar-refractivity contribution is 14.0. The van der Waals surface area contributed by atoms with Crippen molar-refractivity contribution in [2.45, 2.75) is 33.6 Å². The van der Waals surface area contributed by atoms with E-state index in [9.17, 15) is 0 Å². The minimum Gasteiger partial charge on any atom is -0.382 e. The number of rotatable bonds is 14. The molecule has 0 aliphatic heterocycles. The second-order valence-corrected chi connectivity index (χ2v) is 6.42. The Morgan fingerprint density at radius 3 is 2.61 bits per heavy atom. The Labute approximate surface area is 188 Å². The quantitative estimate of drug-likeness (QED) is 0.175. The van der Waals surface area contributed by atoms with Gasteiger partial charge in [0.15, 0.2) is 5.96 Å². The van der Waals surface area contributed by atoms with Crippen LogP contribution in [-0.2, 0) is 9.47 Å². The van der Waals surface area contributed by atoms with Crippen molar-refractivity contribution < 1.29 is 9.47 Å². The molecule has 2 N–H and O–H groups in total. The average Bonchev–Trinajstić information content (AvgIpc) is 2.67. The van der Waals surface area contributed by atoms with Crippen molar-refractivity contribution in [1.29, 1.82) is 0 Å². The number of ether oxygens (including phenoxy) is 2. The Balaban J connectivity index is 0.00000729. The number of aliphatic imine (C=N–C) groups is 1. The van der Waals surface area contributed by atoms with Gasteiger partial charge in [0.2, 0.25) is 0 Å². The van der Waals surface area contributed by atoms with Crippen LogP contribution in [0.1, 0.15) is 32.3 Å². The van der Waals surface area contributed by atoms with E-state index in [-0.39, 0.29) is 24.0 Å². The van der Waals surface area contributed by atoms with Gasteiger partial charge in [0, 0.05) is 52.1 Å². The molecule has 0 unspecified atom stereocenters. The van der Waals surface area contributed by atoms with Crippen LogP contribution in [0.25, 0.3) is 0 Å². The van der Waals surface area contributed by atoms with Gasteiger partial charge in [0.05, 0.1) is 13.2 Å². The van der Waals surface area contributed by atoms with E-state index in [1.165, 1.54) is 11.3 Å². The maximum absolute atomic E-state index is 5.47. The smallest absolute Gasteiger partial charge is 0.191 e. The van der Waals surface area contributed by atoms with Gasteiger partial charge in [-0.05, 0) is 51.3 Å². The highest BCUT2D eigenvalue weighted by Gasteiger charge is 2.05. The molecular weight excluding hydrogens is 467 g/mol. The van der Waals surface area contributed by atoms with Crippen molar-refractivity contribution in [2.75, 3.05) is 64.6 Å². The summed E-state index contributed by atoms with van der Waals surface area (Å²) in [7, 11) is 1.69. The molecule has 0 saturated carbocycles. The molecule has 0 radical (unpaired) electrons. The fourth-order valence-electron chi connectivity index (χ4n) is 2.70. The first kappa shape index (κ1) is 26.9. The van der Waals surface area contributed by atoms with E-state index >= 15 is 0 Å². The molecule has 0 atom stereocenters. The molecule has 0 aliphatic rings. The molecule has 6 nitrogen and oxygen atoms in total. The standard InChI is InChI=1S/C21H38N4O2.HI/c1-5-22-21(23-12-7-8-15-27-17-16-26-4)24-13-14-25(6-2)20-11-9-10-19(3)18-20;/h9-11,18H,5-8,12-17H2,1-4H3,(H2,22,23,24);1H. The molecule has 1 rings (SSSR count). The number of methoxy groups -OCH3 is 1. The molecule has 1 aromatic rings. The summed E-state index contributed by atoms with van der Waals surface area (Å²) >= 11 is 0. The van der Waals surface area contributed by atoms with E-state index in [0.717, 1.165) is 58.1 Å². The molecule has 0 fully saturated rings. The first-order valence-electron chi connectivity index (χ1n) is 10.1. The molecule has 0 saturated heterocycles. The van der Waals surface area contributed by atoms with Crippen LogP contribution in [0.2, 0.25) is 0 Å². The highest BCUT2D eigenvalue weighted by atomic mass is 127. The van der Waals surface area contributed by atoms with Crippen LogP contribution in [0.3, 0.4) is 0 Å². The third-order valence-corrected chi connectivity index (χ3v) is 4.17. The van der Waals surface area contributed by atoms with Crippen LogP contribution >= 0.6 is 24.0 Å². The molecule has 28 heavy (non-hydrogen) atoms. The molecule has 0 aromatic heterocycles. The van der Waals surface area contributed by atoms with E-state index in [1.54, 1.807) is 7.11 Å². The average molecular weight is 506 g/mol. The Morgan fingerprint density at radius 1 is 1.11 bits per heavy atom. The van der Waals surface area contributed by atoms with E-state index in [1.807, 2.05) is 0 Å². The van der Waals surface area contributed by atoms with Crippen LogP contribution in [0, 0.1) is 6.92 Å². The normalized spacial score (nSPS) is 11.1. The number of hydrogen-bond acceptors (Lipinski definition) is 4. The molecule has 0 amide bonds. The first-order valence-corrected chi connectivity index (χ1v) is 10.1. The monoisotopic (exact) mass is 506 g/mol. The van der Waals surface area contributed by atoms with Gasteiger partial charge in [0.1, 0.15) is 0 Å². The number of nitrogens with one attached hydrogen (secondary N) is 2. The van der Waals surface area contributed by atoms with Gasteiger partial charge in [-0.3, -0.25) is 4.99 Å². The van der Waals surface area contributed by atoms with E-state index in [0.29, 0.717) is 13.2 Å². The summed E-state index contributed by atoms with van der Waals surface area (Å²) in [5, 5.41) is 6.75. The fraction of sp³-hybridized carbons (Fsp3) is 0.667. The molecule has 0 spiro atoms. The Morgan fingerprint density at radius 2 is 1.93 bits per heavy atom. The molecule has 7 heteroatoms. The second kappa shape index (κ2) is 18.0. The summed E-state index contributed by atoms with van der Waals surface area (Å²) in [6.07, 6.45) is 2.04. The van der Waals surface area contributed by atoms with E-state index in [2.05, 4.69) is 65.6 Å². The number of aryl methyl sites for hydroxylation is 1. The zero-order valence-electron chi connectivity index (χ0n) is 18.0. The van der Waals surface area contributed by atoms with Crippen LogP contribution in [0.5, 0.6) is 0 Å². The number of halogens is 1. The number of anilines is 1. The predicted molar refractivity (Wildman–Crippen MR) is 130 cm³/mol. The maximum Gasteiger partial charge on any atom is 0.191 e. The summed E-state index contributed by atoms with van der Waals surface area (Å²) in [5.41, 5.74) is 2.56. The Hall–Kier alpha value is -1.06. The molecule has 0 aliphatic carbocycles.